The lowest BCUT2D eigenvalue weighted by atomic mass is 9.86. The molecule has 4 aromatic rings. The summed E-state index contributed by atoms with van der Waals surface area (Å²) in [5.74, 6) is 0.753. The number of ether oxygens (including phenoxy) is 1. The molecule has 30 heavy (non-hydrogen) atoms. The average Bonchev–Trinajstić information content (AvgIpc) is 2.83. The summed E-state index contributed by atoms with van der Waals surface area (Å²) < 4.78 is 5.51. The van der Waals surface area contributed by atoms with E-state index in [1.54, 1.807) is 0 Å². The van der Waals surface area contributed by atoms with Crippen molar-refractivity contribution >= 4 is 11.1 Å². The van der Waals surface area contributed by atoms with Crippen LogP contribution in [0.4, 0.5) is 0 Å². The molecular formula is C29H22O. The van der Waals surface area contributed by atoms with Gasteiger partial charge in [-0.3, -0.25) is 0 Å². The lowest BCUT2D eigenvalue weighted by molar-refractivity contribution is 0.482. The standard InChI is InChI=1S/C29H22O/c1-2-22-30-27-20-18-26(19-21-27)29(25-16-10-5-11-17-25)28(23-12-6-3-7-13-23)24-14-8-4-9-15-24/h3-22H,1H2. The Morgan fingerprint density at radius 2 is 0.900 bits per heavy atom. The third-order valence-corrected chi connectivity index (χ3v) is 4.86. The first-order valence-electron chi connectivity index (χ1n) is 9.89. The molecule has 0 atom stereocenters. The van der Waals surface area contributed by atoms with E-state index in [0.717, 1.165) is 11.3 Å². The highest BCUT2D eigenvalue weighted by Crippen LogP contribution is 2.37. The molecule has 0 unspecified atom stereocenters. The van der Waals surface area contributed by atoms with Crippen molar-refractivity contribution < 1.29 is 4.74 Å². The van der Waals surface area contributed by atoms with Gasteiger partial charge < -0.3 is 4.74 Å². The van der Waals surface area contributed by atoms with E-state index in [4.69, 9.17) is 4.74 Å². The predicted molar refractivity (Wildman–Crippen MR) is 125 cm³/mol. The van der Waals surface area contributed by atoms with Gasteiger partial charge in [-0.25, -0.2) is 0 Å². The van der Waals surface area contributed by atoms with Crippen molar-refractivity contribution in [3.63, 3.8) is 0 Å². The topological polar surface area (TPSA) is 9.23 Å². The summed E-state index contributed by atoms with van der Waals surface area (Å²) >= 11 is 0. The van der Waals surface area contributed by atoms with Crippen molar-refractivity contribution in [1.82, 2.24) is 0 Å². The van der Waals surface area contributed by atoms with Gasteiger partial charge in [-0.1, -0.05) is 115 Å². The molecule has 0 saturated carbocycles. The van der Waals surface area contributed by atoms with E-state index < -0.39 is 0 Å². The predicted octanol–water partition coefficient (Wildman–Crippen LogP) is 7.37. The van der Waals surface area contributed by atoms with E-state index in [-0.39, 0.29) is 0 Å². The largest absolute Gasteiger partial charge is 0.457 e. The highest BCUT2D eigenvalue weighted by Gasteiger charge is 2.15. The highest BCUT2D eigenvalue weighted by atomic mass is 16.5. The first-order chi connectivity index (χ1) is 14.9. The lowest BCUT2D eigenvalue weighted by Crippen LogP contribution is -1.97. The molecule has 0 amide bonds. The summed E-state index contributed by atoms with van der Waals surface area (Å²) in [7, 11) is 0. The smallest absolute Gasteiger partial charge is 0.133 e. The van der Waals surface area contributed by atoms with Crippen molar-refractivity contribution in [3.8, 4) is 5.75 Å². The Morgan fingerprint density at radius 1 is 0.533 bits per heavy atom. The third-order valence-electron chi connectivity index (χ3n) is 4.86. The maximum absolute atomic E-state index is 5.51. The zero-order valence-electron chi connectivity index (χ0n) is 16.7. The van der Waals surface area contributed by atoms with Crippen molar-refractivity contribution in [1.29, 1.82) is 0 Å². The second-order valence-corrected chi connectivity index (χ2v) is 6.81. The van der Waals surface area contributed by atoms with Gasteiger partial charge in [-0.2, -0.15) is 0 Å². The molecule has 0 aromatic heterocycles. The van der Waals surface area contributed by atoms with Crippen LogP contribution in [0.1, 0.15) is 22.3 Å². The summed E-state index contributed by atoms with van der Waals surface area (Å²) in [6, 6.07) is 39.7. The van der Waals surface area contributed by atoms with Crippen LogP contribution in [0.15, 0.2) is 134 Å². The summed E-state index contributed by atoms with van der Waals surface area (Å²) in [5, 5.41) is 0. The van der Waals surface area contributed by atoms with Crippen LogP contribution in [-0.2, 0) is 0 Å². The van der Waals surface area contributed by atoms with E-state index in [1.165, 1.54) is 34.1 Å². The van der Waals surface area contributed by atoms with E-state index in [9.17, 15) is 0 Å². The van der Waals surface area contributed by atoms with Gasteiger partial charge in [-0.15, -0.1) is 0 Å². The average molecular weight is 386 g/mol. The van der Waals surface area contributed by atoms with Crippen LogP contribution in [0.25, 0.3) is 11.1 Å². The Hall–Kier alpha value is -4.06. The molecular weight excluding hydrogens is 364 g/mol. The van der Waals surface area contributed by atoms with Crippen LogP contribution in [0.3, 0.4) is 0 Å². The molecule has 0 aliphatic carbocycles. The maximum Gasteiger partial charge on any atom is 0.133 e. The van der Waals surface area contributed by atoms with Crippen LogP contribution in [-0.4, -0.2) is 0 Å². The minimum atomic E-state index is 0.753. The van der Waals surface area contributed by atoms with Crippen LogP contribution < -0.4 is 4.74 Å². The van der Waals surface area contributed by atoms with Crippen LogP contribution in [0.2, 0.25) is 0 Å². The first kappa shape index (κ1) is 19.3. The Bertz CT molecular complexity index is 1120. The van der Waals surface area contributed by atoms with Gasteiger partial charge in [0.1, 0.15) is 12.0 Å². The Labute approximate surface area is 177 Å². The summed E-state index contributed by atoms with van der Waals surface area (Å²) in [6.45, 7) is 3.54. The molecule has 0 fully saturated rings. The van der Waals surface area contributed by atoms with Crippen molar-refractivity contribution in [2.45, 2.75) is 0 Å². The molecule has 0 bridgehead atoms. The second-order valence-electron chi connectivity index (χ2n) is 6.81. The zero-order chi connectivity index (χ0) is 20.6. The molecule has 0 aliphatic heterocycles. The molecule has 4 aromatic carbocycles. The quantitative estimate of drug-likeness (QED) is 0.191. The van der Waals surface area contributed by atoms with Crippen LogP contribution in [0, 0.1) is 0 Å². The number of hydrogen-bond donors (Lipinski definition) is 0. The second kappa shape index (κ2) is 9.43. The maximum atomic E-state index is 5.51. The fourth-order valence-electron chi connectivity index (χ4n) is 3.54. The van der Waals surface area contributed by atoms with E-state index >= 15 is 0 Å². The number of rotatable bonds is 6. The van der Waals surface area contributed by atoms with Crippen molar-refractivity contribution in [3.05, 3.63) is 156 Å². The Morgan fingerprint density at radius 3 is 1.27 bits per heavy atom. The SMILES string of the molecule is C=C=COc1ccc(C(=C(c2ccccc2)c2ccccc2)c2ccccc2)cc1. The number of hydrogen-bond acceptors (Lipinski definition) is 1. The molecule has 0 N–H and O–H groups in total. The van der Waals surface area contributed by atoms with Gasteiger partial charge in [0.05, 0.1) is 0 Å². The van der Waals surface area contributed by atoms with Gasteiger partial charge in [0.15, 0.2) is 0 Å². The van der Waals surface area contributed by atoms with Gasteiger partial charge in [0.25, 0.3) is 0 Å². The Balaban J connectivity index is 1.99. The fraction of sp³-hybridized carbons (Fsp3) is 0. The van der Waals surface area contributed by atoms with Crippen molar-refractivity contribution in [2.75, 3.05) is 0 Å². The van der Waals surface area contributed by atoms with E-state index in [2.05, 4.69) is 97.2 Å². The molecule has 0 spiro atoms. The monoisotopic (exact) mass is 386 g/mol. The number of benzene rings is 4. The minimum Gasteiger partial charge on any atom is -0.457 e. The van der Waals surface area contributed by atoms with E-state index in [0.29, 0.717) is 0 Å². The molecule has 1 heteroatoms. The molecule has 4 rings (SSSR count). The fourth-order valence-corrected chi connectivity index (χ4v) is 3.54. The minimum absolute atomic E-state index is 0.753. The lowest BCUT2D eigenvalue weighted by Gasteiger charge is -2.18. The molecule has 144 valence electrons. The summed E-state index contributed by atoms with van der Waals surface area (Å²) in [4.78, 5) is 0. The first-order valence-corrected chi connectivity index (χ1v) is 9.89. The van der Waals surface area contributed by atoms with Gasteiger partial charge in [0.2, 0.25) is 0 Å². The van der Waals surface area contributed by atoms with E-state index in [1.807, 2.05) is 30.3 Å². The zero-order valence-corrected chi connectivity index (χ0v) is 16.7. The molecule has 0 saturated heterocycles. The molecule has 0 heterocycles. The van der Waals surface area contributed by atoms with Gasteiger partial charge >= 0.3 is 0 Å². The molecule has 0 radical (unpaired) electrons. The van der Waals surface area contributed by atoms with Crippen LogP contribution >= 0.6 is 0 Å². The van der Waals surface area contributed by atoms with Crippen molar-refractivity contribution in [2.24, 2.45) is 0 Å². The van der Waals surface area contributed by atoms with Gasteiger partial charge in [-0.05, 0) is 45.5 Å². The van der Waals surface area contributed by atoms with Gasteiger partial charge in [0, 0.05) is 0 Å². The molecule has 1 nitrogen and oxygen atoms in total. The summed E-state index contributed by atoms with van der Waals surface area (Å²) in [6.07, 6.45) is 1.46. The van der Waals surface area contributed by atoms with Crippen LogP contribution in [0.5, 0.6) is 5.75 Å². The Kier molecular flexibility index (Phi) is 6.05. The normalized spacial score (nSPS) is 10.0. The highest BCUT2D eigenvalue weighted by molar-refractivity contribution is 6.04. The molecule has 0 aliphatic rings. The summed E-state index contributed by atoms with van der Waals surface area (Å²) in [5.41, 5.74) is 9.66. The third kappa shape index (κ3) is 4.33.